The molecule has 226 valence electrons. The SMILES string of the molecule is CCCC(NC(=O)Cc1c(C)c2cc3c4c(oc3c(C)c2oc1=O)CCCC4)C(=O)N[C@@H](CCCNC(N)=O)C(=O)O. The summed E-state index contributed by atoms with van der Waals surface area (Å²) in [6.45, 7) is 5.63. The first-order chi connectivity index (χ1) is 20.0. The molecule has 0 radical (unpaired) electrons. The number of nitrogens with one attached hydrogen (secondary N) is 3. The number of urea groups is 1. The van der Waals surface area contributed by atoms with E-state index in [-0.39, 0.29) is 37.8 Å². The molecule has 12 nitrogen and oxygen atoms in total. The lowest BCUT2D eigenvalue weighted by atomic mass is 9.93. The molecule has 4 rings (SSSR count). The average molecular weight is 583 g/mol. The Morgan fingerprint density at radius 1 is 0.976 bits per heavy atom. The van der Waals surface area contributed by atoms with Gasteiger partial charge in [-0.25, -0.2) is 14.4 Å². The summed E-state index contributed by atoms with van der Waals surface area (Å²) < 4.78 is 11.9. The number of carbonyl (C=O) groups is 4. The predicted octanol–water partition coefficient (Wildman–Crippen LogP) is 2.88. The molecule has 12 heteroatoms. The van der Waals surface area contributed by atoms with Crippen molar-refractivity contribution in [1.29, 1.82) is 0 Å². The number of nitrogens with two attached hydrogens (primary N) is 1. The fourth-order valence-electron chi connectivity index (χ4n) is 5.63. The van der Waals surface area contributed by atoms with E-state index in [0.29, 0.717) is 17.6 Å². The summed E-state index contributed by atoms with van der Waals surface area (Å²) in [5, 5.41) is 18.8. The standard InChI is InChI=1S/C30H38N4O8/c1-4-8-21(27(36)34-22(28(37)38)10-7-12-32-30(31)40)33-24(35)14-19-15(2)18-13-20-17-9-5-6-11-23(17)41-26(20)16(3)25(18)42-29(19)39/h13,21-22H,4-12,14H2,1-3H3,(H,33,35)(H,34,36)(H,37,38)(H3,31,32,40)/t21?,22-/m0/s1. The van der Waals surface area contributed by atoms with Gasteiger partial charge in [-0.2, -0.15) is 0 Å². The van der Waals surface area contributed by atoms with E-state index >= 15 is 0 Å². The zero-order chi connectivity index (χ0) is 30.6. The summed E-state index contributed by atoms with van der Waals surface area (Å²) in [4.78, 5) is 61.6. The number of amides is 4. The Morgan fingerprint density at radius 2 is 1.69 bits per heavy atom. The lowest BCUT2D eigenvalue weighted by Crippen LogP contribution is -2.52. The van der Waals surface area contributed by atoms with E-state index in [1.807, 2.05) is 19.9 Å². The maximum absolute atomic E-state index is 13.1. The highest BCUT2D eigenvalue weighted by molar-refractivity contribution is 6.00. The zero-order valence-electron chi connectivity index (χ0n) is 24.2. The molecule has 1 aliphatic rings. The highest BCUT2D eigenvalue weighted by Crippen LogP contribution is 2.37. The van der Waals surface area contributed by atoms with E-state index in [1.54, 1.807) is 6.92 Å². The first-order valence-corrected chi connectivity index (χ1v) is 14.4. The molecule has 1 aromatic carbocycles. The lowest BCUT2D eigenvalue weighted by Gasteiger charge is -2.21. The smallest absolute Gasteiger partial charge is 0.340 e. The number of carbonyl (C=O) groups excluding carboxylic acids is 3. The molecule has 0 saturated heterocycles. The van der Waals surface area contributed by atoms with Gasteiger partial charge in [0.2, 0.25) is 11.8 Å². The van der Waals surface area contributed by atoms with E-state index in [9.17, 15) is 29.1 Å². The number of aryl methyl sites for hydroxylation is 4. The van der Waals surface area contributed by atoms with Crippen LogP contribution in [0.25, 0.3) is 21.9 Å². The summed E-state index contributed by atoms with van der Waals surface area (Å²) in [5.41, 5.74) is 8.26. The van der Waals surface area contributed by atoms with Gasteiger partial charge in [-0.3, -0.25) is 9.59 Å². The Morgan fingerprint density at radius 3 is 2.38 bits per heavy atom. The van der Waals surface area contributed by atoms with Gasteiger partial charge in [0, 0.05) is 34.9 Å². The van der Waals surface area contributed by atoms with E-state index in [1.165, 1.54) is 5.56 Å². The molecule has 0 bridgehead atoms. The molecule has 3 aromatic rings. The Hall–Kier alpha value is -4.35. The van der Waals surface area contributed by atoms with Crippen LogP contribution in [-0.4, -0.2) is 47.5 Å². The highest BCUT2D eigenvalue weighted by Gasteiger charge is 2.27. The van der Waals surface area contributed by atoms with Crippen molar-refractivity contribution in [2.24, 2.45) is 5.73 Å². The quantitative estimate of drug-likeness (QED) is 0.159. The first kappa shape index (κ1) is 30.6. The minimum atomic E-state index is -1.24. The van der Waals surface area contributed by atoms with Gasteiger partial charge in [-0.05, 0) is 64.0 Å². The van der Waals surface area contributed by atoms with E-state index in [0.717, 1.165) is 53.4 Å². The number of benzene rings is 1. The number of carboxylic acids is 1. The second-order valence-electron chi connectivity index (χ2n) is 10.9. The van der Waals surface area contributed by atoms with Crippen molar-refractivity contribution in [3.05, 3.63) is 44.5 Å². The zero-order valence-corrected chi connectivity index (χ0v) is 24.2. The Balaban J connectivity index is 1.52. The van der Waals surface area contributed by atoms with Gasteiger partial charge in [0.15, 0.2) is 0 Å². The van der Waals surface area contributed by atoms with Gasteiger partial charge in [0.05, 0.1) is 12.0 Å². The third kappa shape index (κ3) is 6.58. The van der Waals surface area contributed by atoms with Crippen molar-refractivity contribution in [3.8, 4) is 0 Å². The molecular weight excluding hydrogens is 544 g/mol. The van der Waals surface area contributed by atoms with Crippen LogP contribution >= 0.6 is 0 Å². The summed E-state index contributed by atoms with van der Waals surface area (Å²) in [5.74, 6) is -1.47. The van der Waals surface area contributed by atoms with Crippen molar-refractivity contribution in [2.45, 2.75) is 90.6 Å². The number of rotatable bonds is 12. The molecule has 0 spiro atoms. The first-order valence-electron chi connectivity index (χ1n) is 14.4. The van der Waals surface area contributed by atoms with E-state index in [4.69, 9.17) is 14.6 Å². The average Bonchev–Trinajstić information content (AvgIpc) is 3.32. The number of aliphatic carboxylic acids is 1. The van der Waals surface area contributed by atoms with Crippen molar-refractivity contribution in [3.63, 3.8) is 0 Å². The van der Waals surface area contributed by atoms with Crippen LogP contribution in [0.4, 0.5) is 4.79 Å². The number of carboxylic acid groups (broad SMARTS) is 1. The van der Waals surface area contributed by atoms with Crippen molar-refractivity contribution < 1.29 is 33.1 Å². The van der Waals surface area contributed by atoms with Crippen LogP contribution in [0.15, 0.2) is 19.7 Å². The third-order valence-corrected chi connectivity index (χ3v) is 7.87. The van der Waals surface area contributed by atoms with Crippen molar-refractivity contribution >= 4 is 45.8 Å². The molecule has 4 amide bonds. The molecule has 0 fully saturated rings. The Kier molecular flexibility index (Phi) is 9.54. The van der Waals surface area contributed by atoms with Crippen LogP contribution in [0.3, 0.4) is 0 Å². The topological polar surface area (TPSA) is 194 Å². The molecule has 2 heterocycles. The fourth-order valence-corrected chi connectivity index (χ4v) is 5.63. The second kappa shape index (κ2) is 13.1. The molecule has 0 saturated carbocycles. The molecule has 42 heavy (non-hydrogen) atoms. The minimum Gasteiger partial charge on any atom is -0.480 e. The molecule has 0 aliphatic heterocycles. The van der Waals surface area contributed by atoms with Gasteiger partial charge >= 0.3 is 17.6 Å². The van der Waals surface area contributed by atoms with Crippen molar-refractivity contribution in [1.82, 2.24) is 16.0 Å². The van der Waals surface area contributed by atoms with Crippen LogP contribution in [0.2, 0.25) is 0 Å². The van der Waals surface area contributed by atoms with Crippen LogP contribution in [0, 0.1) is 13.8 Å². The van der Waals surface area contributed by atoms with E-state index in [2.05, 4.69) is 16.0 Å². The second-order valence-corrected chi connectivity index (χ2v) is 10.9. The summed E-state index contributed by atoms with van der Waals surface area (Å²) >= 11 is 0. The van der Waals surface area contributed by atoms with Crippen LogP contribution in [0.1, 0.15) is 73.5 Å². The minimum absolute atomic E-state index is 0.0536. The number of hydrogen-bond acceptors (Lipinski definition) is 7. The van der Waals surface area contributed by atoms with Crippen LogP contribution in [0.5, 0.6) is 0 Å². The summed E-state index contributed by atoms with van der Waals surface area (Å²) in [7, 11) is 0. The van der Waals surface area contributed by atoms with Crippen LogP contribution < -0.4 is 27.3 Å². The van der Waals surface area contributed by atoms with Crippen molar-refractivity contribution in [2.75, 3.05) is 6.54 Å². The predicted molar refractivity (Wildman–Crippen MR) is 155 cm³/mol. The summed E-state index contributed by atoms with van der Waals surface area (Å²) in [6, 6.07) is -0.966. The largest absolute Gasteiger partial charge is 0.480 e. The molecule has 2 atom stereocenters. The number of primary amides is 1. The maximum atomic E-state index is 13.1. The molecule has 1 aliphatic carbocycles. The molecule has 1 unspecified atom stereocenters. The number of fused-ring (bicyclic) bond motifs is 4. The highest BCUT2D eigenvalue weighted by atomic mass is 16.4. The normalized spacial score (nSPS) is 14.3. The molecule has 6 N–H and O–H groups in total. The summed E-state index contributed by atoms with van der Waals surface area (Å²) in [6.07, 6.45) is 4.78. The monoisotopic (exact) mass is 582 g/mol. The maximum Gasteiger partial charge on any atom is 0.340 e. The van der Waals surface area contributed by atoms with Gasteiger partial charge < -0.3 is 35.6 Å². The van der Waals surface area contributed by atoms with Gasteiger partial charge in [-0.1, -0.05) is 13.3 Å². The Labute approximate surface area is 242 Å². The Bertz CT molecular complexity index is 1590. The van der Waals surface area contributed by atoms with E-state index < -0.39 is 41.5 Å². The van der Waals surface area contributed by atoms with Gasteiger partial charge in [0.1, 0.15) is 29.0 Å². The number of furan rings is 1. The molecule has 2 aromatic heterocycles. The van der Waals surface area contributed by atoms with Crippen LogP contribution in [-0.2, 0) is 33.6 Å². The van der Waals surface area contributed by atoms with Gasteiger partial charge in [0.25, 0.3) is 0 Å². The van der Waals surface area contributed by atoms with Gasteiger partial charge in [-0.15, -0.1) is 0 Å². The third-order valence-electron chi connectivity index (χ3n) is 7.87. The molecular formula is C30H38N4O8. The number of hydrogen-bond donors (Lipinski definition) is 5. The fraction of sp³-hybridized carbons (Fsp3) is 0.500. The lowest BCUT2D eigenvalue weighted by molar-refractivity contribution is -0.142.